The van der Waals surface area contributed by atoms with Gasteiger partial charge >= 0.3 is 0 Å². The van der Waals surface area contributed by atoms with Crippen LogP contribution in [0.4, 0.5) is 4.39 Å². The number of hydrogen-bond acceptors (Lipinski definition) is 1. The first kappa shape index (κ1) is 15.4. The fourth-order valence-corrected chi connectivity index (χ4v) is 2.10. The minimum Gasteiger partial charge on any atom is -0.313 e. The largest absolute Gasteiger partial charge is 0.313 e. The van der Waals surface area contributed by atoms with Crippen molar-refractivity contribution < 1.29 is 4.39 Å². The standard InChI is InChI=1S/C15H21BrFN/c1-4-12(10-18-9-11(2)3)7-13-5-6-14(17)8-15(13)16/h5-8,11,18H,4,9-10H2,1-3H3/b12-7-. The molecule has 0 unspecified atom stereocenters. The Balaban J connectivity index is 2.71. The number of halogens is 2. The summed E-state index contributed by atoms with van der Waals surface area (Å²) < 4.78 is 13.8. The maximum absolute atomic E-state index is 13.0. The molecule has 1 aromatic rings. The normalized spacial score (nSPS) is 12.2. The number of rotatable bonds is 6. The second-order valence-electron chi connectivity index (χ2n) is 4.85. The second kappa shape index (κ2) is 7.70. The lowest BCUT2D eigenvalue weighted by atomic mass is 10.1. The lowest BCUT2D eigenvalue weighted by Gasteiger charge is -2.10. The summed E-state index contributed by atoms with van der Waals surface area (Å²) in [5.41, 5.74) is 2.35. The molecule has 1 nitrogen and oxygen atoms in total. The minimum atomic E-state index is -0.213. The van der Waals surface area contributed by atoms with Crippen LogP contribution in [0.5, 0.6) is 0 Å². The summed E-state index contributed by atoms with van der Waals surface area (Å²) in [4.78, 5) is 0. The van der Waals surface area contributed by atoms with Crippen molar-refractivity contribution in [1.82, 2.24) is 5.32 Å². The van der Waals surface area contributed by atoms with E-state index < -0.39 is 0 Å². The molecule has 0 heterocycles. The molecule has 3 heteroatoms. The zero-order chi connectivity index (χ0) is 13.5. The fourth-order valence-electron chi connectivity index (χ4n) is 1.64. The van der Waals surface area contributed by atoms with E-state index in [2.05, 4.69) is 48.1 Å². The third-order valence-corrected chi connectivity index (χ3v) is 3.37. The highest BCUT2D eigenvalue weighted by atomic mass is 79.9. The summed E-state index contributed by atoms with van der Waals surface area (Å²) in [6.45, 7) is 8.43. The number of hydrogen-bond donors (Lipinski definition) is 1. The molecule has 0 saturated carbocycles. The predicted molar refractivity (Wildman–Crippen MR) is 80.1 cm³/mol. The maximum atomic E-state index is 13.0. The van der Waals surface area contributed by atoms with E-state index in [0.29, 0.717) is 5.92 Å². The van der Waals surface area contributed by atoms with Gasteiger partial charge in [-0.2, -0.15) is 0 Å². The highest BCUT2D eigenvalue weighted by molar-refractivity contribution is 9.10. The lowest BCUT2D eigenvalue weighted by molar-refractivity contribution is 0.569. The molecule has 100 valence electrons. The Kier molecular flexibility index (Phi) is 6.58. The zero-order valence-corrected chi connectivity index (χ0v) is 12.8. The lowest BCUT2D eigenvalue weighted by Crippen LogP contribution is -2.21. The summed E-state index contributed by atoms with van der Waals surface area (Å²) >= 11 is 3.39. The van der Waals surface area contributed by atoms with Crippen molar-refractivity contribution in [3.05, 3.63) is 39.6 Å². The van der Waals surface area contributed by atoms with Gasteiger partial charge in [-0.05, 0) is 36.6 Å². The number of benzene rings is 1. The molecule has 0 aliphatic rings. The molecule has 0 atom stereocenters. The van der Waals surface area contributed by atoms with Gasteiger partial charge in [-0.25, -0.2) is 4.39 Å². The van der Waals surface area contributed by atoms with Crippen molar-refractivity contribution in [2.24, 2.45) is 5.92 Å². The molecule has 0 amide bonds. The van der Waals surface area contributed by atoms with Crippen LogP contribution in [-0.4, -0.2) is 13.1 Å². The van der Waals surface area contributed by atoms with E-state index in [0.717, 1.165) is 29.5 Å². The Bertz CT molecular complexity index is 413. The van der Waals surface area contributed by atoms with E-state index in [1.54, 1.807) is 6.07 Å². The molecule has 0 saturated heterocycles. The molecular formula is C15H21BrFN. The summed E-state index contributed by atoms with van der Waals surface area (Å²) in [5.74, 6) is 0.440. The molecule has 0 fully saturated rings. The molecule has 0 radical (unpaired) electrons. The topological polar surface area (TPSA) is 12.0 Å². The van der Waals surface area contributed by atoms with Crippen LogP contribution in [0.2, 0.25) is 0 Å². The van der Waals surface area contributed by atoms with Gasteiger partial charge in [0.15, 0.2) is 0 Å². The minimum absolute atomic E-state index is 0.213. The maximum Gasteiger partial charge on any atom is 0.124 e. The van der Waals surface area contributed by atoms with Gasteiger partial charge in [0.2, 0.25) is 0 Å². The van der Waals surface area contributed by atoms with Crippen LogP contribution < -0.4 is 5.32 Å². The van der Waals surface area contributed by atoms with Crippen LogP contribution in [0.1, 0.15) is 32.8 Å². The van der Waals surface area contributed by atoms with Crippen molar-refractivity contribution in [2.75, 3.05) is 13.1 Å². The smallest absolute Gasteiger partial charge is 0.124 e. The van der Waals surface area contributed by atoms with Gasteiger partial charge in [-0.15, -0.1) is 0 Å². The van der Waals surface area contributed by atoms with Gasteiger partial charge in [-0.3, -0.25) is 0 Å². The highest BCUT2D eigenvalue weighted by Crippen LogP contribution is 2.21. The van der Waals surface area contributed by atoms with Crippen molar-refractivity contribution >= 4 is 22.0 Å². The quantitative estimate of drug-likeness (QED) is 0.807. The zero-order valence-electron chi connectivity index (χ0n) is 11.3. The van der Waals surface area contributed by atoms with Gasteiger partial charge in [0.05, 0.1) is 0 Å². The monoisotopic (exact) mass is 313 g/mol. The first-order chi connectivity index (χ1) is 8.52. The van der Waals surface area contributed by atoms with Crippen LogP contribution in [0.25, 0.3) is 6.08 Å². The summed E-state index contributed by atoms with van der Waals surface area (Å²) in [7, 11) is 0. The Labute approximate surface area is 118 Å². The van der Waals surface area contributed by atoms with Crippen molar-refractivity contribution in [2.45, 2.75) is 27.2 Å². The molecule has 1 rings (SSSR count). The third-order valence-electron chi connectivity index (χ3n) is 2.68. The van der Waals surface area contributed by atoms with Gasteiger partial charge < -0.3 is 5.32 Å². The highest BCUT2D eigenvalue weighted by Gasteiger charge is 2.01. The number of nitrogens with one attached hydrogen (secondary N) is 1. The van der Waals surface area contributed by atoms with Crippen molar-refractivity contribution in [3.8, 4) is 0 Å². The summed E-state index contributed by atoms with van der Waals surface area (Å²) in [6, 6.07) is 4.80. The molecule has 0 aromatic heterocycles. The fraction of sp³-hybridized carbons (Fsp3) is 0.467. The van der Waals surface area contributed by atoms with Crippen molar-refractivity contribution in [3.63, 3.8) is 0 Å². The molecule has 0 aliphatic heterocycles. The Morgan fingerprint density at radius 3 is 2.72 bits per heavy atom. The Morgan fingerprint density at radius 2 is 2.17 bits per heavy atom. The molecular weight excluding hydrogens is 293 g/mol. The Morgan fingerprint density at radius 1 is 1.44 bits per heavy atom. The van der Waals surface area contributed by atoms with E-state index in [-0.39, 0.29) is 5.82 Å². The van der Waals surface area contributed by atoms with Gasteiger partial charge in [-0.1, -0.05) is 54.4 Å². The molecule has 1 aromatic carbocycles. The van der Waals surface area contributed by atoms with Gasteiger partial charge in [0.1, 0.15) is 5.82 Å². The first-order valence-electron chi connectivity index (χ1n) is 6.38. The summed E-state index contributed by atoms with van der Waals surface area (Å²) in [6.07, 6.45) is 3.12. The van der Waals surface area contributed by atoms with E-state index in [1.807, 2.05) is 0 Å². The van der Waals surface area contributed by atoms with E-state index in [9.17, 15) is 4.39 Å². The average molecular weight is 314 g/mol. The average Bonchev–Trinajstić information content (AvgIpc) is 2.30. The van der Waals surface area contributed by atoms with Crippen LogP contribution in [0.3, 0.4) is 0 Å². The second-order valence-corrected chi connectivity index (χ2v) is 5.70. The van der Waals surface area contributed by atoms with Gasteiger partial charge in [0, 0.05) is 11.0 Å². The molecule has 0 spiro atoms. The van der Waals surface area contributed by atoms with Crippen LogP contribution in [0, 0.1) is 11.7 Å². The van der Waals surface area contributed by atoms with Gasteiger partial charge in [0.25, 0.3) is 0 Å². The Hall–Kier alpha value is -0.670. The molecule has 0 aliphatic carbocycles. The third kappa shape index (κ3) is 5.32. The van der Waals surface area contributed by atoms with Crippen molar-refractivity contribution in [1.29, 1.82) is 0 Å². The van der Waals surface area contributed by atoms with E-state index in [1.165, 1.54) is 17.7 Å². The van der Waals surface area contributed by atoms with E-state index in [4.69, 9.17) is 0 Å². The van der Waals surface area contributed by atoms with Crippen LogP contribution in [-0.2, 0) is 0 Å². The van der Waals surface area contributed by atoms with Crippen LogP contribution in [0.15, 0.2) is 28.2 Å². The van der Waals surface area contributed by atoms with E-state index >= 15 is 0 Å². The predicted octanol–water partition coefficient (Wildman–Crippen LogP) is 4.63. The SMILES string of the molecule is CC/C(=C/c1ccc(F)cc1Br)CNCC(C)C. The molecule has 0 bridgehead atoms. The molecule has 18 heavy (non-hydrogen) atoms. The van der Waals surface area contributed by atoms with Crippen LogP contribution >= 0.6 is 15.9 Å². The first-order valence-corrected chi connectivity index (χ1v) is 7.17. The summed E-state index contributed by atoms with van der Waals surface area (Å²) in [5, 5.41) is 3.43. The molecule has 1 N–H and O–H groups in total.